The Labute approximate surface area is 206 Å². The number of ether oxygens (including phenoxy) is 1. The van der Waals surface area contributed by atoms with Crippen LogP contribution in [-0.4, -0.2) is 38.5 Å². The fourth-order valence-corrected chi connectivity index (χ4v) is 6.89. The van der Waals surface area contributed by atoms with Gasteiger partial charge in [-0.1, -0.05) is 41.5 Å². The van der Waals surface area contributed by atoms with Crippen molar-refractivity contribution < 1.29 is 18.0 Å². The van der Waals surface area contributed by atoms with E-state index in [1.165, 1.54) is 0 Å². The molecule has 3 aromatic carbocycles. The minimum atomic E-state index is -3.65. The third-order valence-corrected chi connectivity index (χ3v) is 9.16. The summed E-state index contributed by atoms with van der Waals surface area (Å²) in [7, 11) is -2.00. The van der Waals surface area contributed by atoms with Crippen molar-refractivity contribution in [2.24, 2.45) is 0 Å². The molecule has 2 saturated heterocycles. The molecule has 2 bridgehead atoms. The number of hydrogen-bond donors (Lipinski definition) is 0. The third kappa shape index (κ3) is 3.57. The molecule has 0 amide bonds. The van der Waals surface area contributed by atoms with Gasteiger partial charge in [0.05, 0.1) is 30.3 Å². The molecule has 0 N–H and O–H groups in total. The van der Waals surface area contributed by atoms with Crippen molar-refractivity contribution in [2.45, 2.75) is 36.8 Å². The summed E-state index contributed by atoms with van der Waals surface area (Å²) in [5.41, 5.74) is 5.62. The lowest BCUT2D eigenvalue weighted by atomic mass is 9.85. The van der Waals surface area contributed by atoms with Crippen molar-refractivity contribution in [3.8, 4) is 5.75 Å². The van der Waals surface area contributed by atoms with Gasteiger partial charge in [0, 0.05) is 18.5 Å². The number of sulfonamides is 1. The van der Waals surface area contributed by atoms with Crippen LogP contribution in [0.25, 0.3) is 6.08 Å². The fourth-order valence-electron chi connectivity index (χ4n) is 5.42. The normalized spacial score (nSPS) is 23.5. The van der Waals surface area contributed by atoms with E-state index in [0.29, 0.717) is 17.9 Å². The maximum absolute atomic E-state index is 13.6. The van der Waals surface area contributed by atoms with Crippen LogP contribution in [0.15, 0.2) is 77.2 Å². The van der Waals surface area contributed by atoms with Gasteiger partial charge in [-0.15, -0.1) is 0 Å². The molecule has 0 saturated carbocycles. The van der Waals surface area contributed by atoms with E-state index in [1.54, 1.807) is 23.5 Å². The second-order valence-corrected chi connectivity index (χ2v) is 11.7. The summed E-state index contributed by atoms with van der Waals surface area (Å²) in [6.07, 6.45) is 2.80. The highest BCUT2D eigenvalue weighted by Gasteiger charge is 2.57. The topological polar surface area (TPSA) is 59.1 Å². The van der Waals surface area contributed by atoms with Gasteiger partial charge in [0.1, 0.15) is 11.4 Å². The number of fused-ring (bicyclic) bond motifs is 3. The van der Waals surface area contributed by atoms with Crippen LogP contribution < -0.4 is 9.80 Å². The summed E-state index contributed by atoms with van der Waals surface area (Å²) < 4.78 is 34.1. The van der Waals surface area contributed by atoms with Crippen LogP contribution in [0.2, 0.25) is 0 Å². The average Bonchev–Trinajstić information content (AvgIpc) is 3.37. The van der Waals surface area contributed by atoms with Crippen LogP contribution in [0.1, 0.15) is 34.7 Å². The van der Waals surface area contributed by atoms with Crippen molar-refractivity contribution in [3.63, 3.8) is 0 Å². The number of hydroxylamine groups is 1. The van der Waals surface area contributed by atoms with Gasteiger partial charge in [-0.05, 0) is 67.5 Å². The number of benzene rings is 3. The molecule has 7 heteroatoms. The van der Waals surface area contributed by atoms with Crippen LogP contribution in [0.3, 0.4) is 0 Å². The zero-order valence-corrected chi connectivity index (χ0v) is 20.9. The Bertz CT molecular complexity index is 1430. The molecule has 2 unspecified atom stereocenters. The van der Waals surface area contributed by atoms with Gasteiger partial charge in [0.25, 0.3) is 0 Å². The maximum atomic E-state index is 13.6. The number of anilines is 1. The predicted molar refractivity (Wildman–Crippen MR) is 136 cm³/mol. The summed E-state index contributed by atoms with van der Waals surface area (Å²) >= 11 is 0. The van der Waals surface area contributed by atoms with Crippen LogP contribution in [-0.2, 0) is 14.9 Å². The number of nitrogens with zero attached hydrogens (tertiary/aromatic N) is 2. The van der Waals surface area contributed by atoms with E-state index in [9.17, 15) is 8.42 Å². The van der Waals surface area contributed by atoms with Crippen LogP contribution >= 0.6 is 0 Å². The van der Waals surface area contributed by atoms with Crippen molar-refractivity contribution in [1.82, 2.24) is 4.31 Å². The van der Waals surface area contributed by atoms with Gasteiger partial charge in [0.15, 0.2) is 0 Å². The van der Waals surface area contributed by atoms with Crippen LogP contribution in [0, 0.1) is 13.8 Å². The molecule has 35 heavy (non-hydrogen) atoms. The second-order valence-electron chi connectivity index (χ2n) is 9.72. The third-order valence-electron chi connectivity index (χ3n) is 7.35. The lowest BCUT2D eigenvalue weighted by Gasteiger charge is -2.27. The van der Waals surface area contributed by atoms with Gasteiger partial charge >= 0.3 is 0 Å². The smallest absolute Gasteiger partial charge is 0.243 e. The number of hydrogen-bond acceptors (Lipinski definition) is 5. The first kappa shape index (κ1) is 22.3. The first-order chi connectivity index (χ1) is 16.8. The Hall–Kier alpha value is -3.13. The quantitative estimate of drug-likeness (QED) is 0.515. The van der Waals surface area contributed by atoms with E-state index >= 15 is 0 Å². The van der Waals surface area contributed by atoms with Crippen molar-refractivity contribution in [1.29, 1.82) is 0 Å². The molecule has 6 nitrogen and oxygen atoms in total. The summed E-state index contributed by atoms with van der Waals surface area (Å²) in [5, 5.41) is 1.99. The fraction of sp³-hybridized carbons (Fsp3) is 0.286. The Morgan fingerprint density at radius 2 is 1.69 bits per heavy atom. The van der Waals surface area contributed by atoms with Gasteiger partial charge in [-0.3, -0.25) is 4.84 Å². The summed E-state index contributed by atoms with van der Waals surface area (Å²) in [5.74, 6) is 0.800. The lowest BCUT2D eigenvalue weighted by molar-refractivity contribution is 0.0251. The SMILES string of the molecule is COc1ccc(C2CC34CN(S(=O)(=O)c5ccc(C)cc5)CC3=Cc3cc(C)ccc3N2O4)cc1. The van der Waals surface area contributed by atoms with Gasteiger partial charge < -0.3 is 4.74 Å². The van der Waals surface area contributed by atoms with Crippen molar-refractivity contribution >= 4 is 21.8 Å². The molecule has 1 spiro atoms. The summed E-state index contributed by atoms with van der Waals surface area (Å²) in [6.45, 7) is 4.61. The molecule has 6 rings (SSSR count). The first-order valence-electron chi connectivity index (χ1n) is 11.8. The van der Waals surface area contributed by atoms with E-state index in [0.717, 1.165) is 39.3 Å². The molecule has 180 valence electrons. The van der Waals surface area contributed by atoms with Crippen LogP contribution in [0.5, 0.6) is 5.75 Å². The molecule has 3 aromatic rings. The standard InChI is InChI=1S/C28H28N2O4S/c1-19-4-11-25(12-5-19)35(31,32)29-17-23-15-22-14-20(2)6-13-26(22)30-27(16-28(23,18-29)34-30)21-7-9-24(33-3)10-8-21/h4-15,27H,16-18H2,1-3H3. The van der Waals surface area contributed by atoms with Gasteiger partial charge in [-0.2, -0.15) is 4.31 Å². The van der Waals surface area contributed by atoms with E-state index in [4.69, 9.17) is 9.57 Å². The lowest BCUT2D eigenvalue weighted by Crippen LogP contribution is -2.37. The number of methoxy groups -OCH3 is 1. The number of aryl methyl sites for hydroxylation is 2. The Morgan fingerprint density at radius 3 is 2.40 bits per heavy atom. The summed E-state index contributed by atoms with van der Waals surface area (Å²) in [4.78, 5) is 7.05. The zero-order chi connectivity index (χ0) is 24.4. The van der Waals surface area contributed by atoms with E-state index in [-0.39, 0.29) is 12.6 Å². The van der Waals surface area contributed by atoms with Crippen LogP contribution in [0.4, 0.5) is 5.69 Å². The molecule has 2 atom stereocenters. The van der Waals surface area contributed by atoms with Gasteiger partial charge in [0.2, 0.25) is 10.0 Å². The highest BCUT2D eigenvalue weighted by atomic mass is 32.2. The second kappa shape index (κ2) is 7.95. The molecule has 2 fully saturated rings. The highest BCUT2D eigenvalue weighted by Crippen LogP contribution is 2.53. The molecule has 0 aromatic heterocycles. The van der Waals surface area contributed by atoms with Crippen molar-refractivity contribution in [2.75, 3.05) is 25.3 Å². The maximum Gasteiger partial charge on any atom is 0.243 e. The monoisotopic (exact) mass is 488 g/mol. The molecular formula is C28H28N2O4S. The predicted octanol–water partition coefficient (Wildman–Crippen LogP) is 5.04. The Morgan fingerprint density at radius 1 is 0.971 bits per heavy atom. The summed E-state index contributed by atoms with van der Waals surface area (Å²) in [6, 6.07) is 21.4. The minimum Gasteiger partial charge on any atom is -0.497 e. The van der Waals surface area contributed by atoms with E-state index in [1.807, 2.05) is 36.3 Å². The molecule has 0 aliphatic carbocycles. The first-order valence-corrected chi connectivity index (χ1v) is 13.2. The Balaban J connectivity index is 1.44. The molecule has 3 heterocycles. The zero-order valence-electron chi connectivity index (χ0n) is 20.1. The highest BCUT2D eigenvalue weighted by molar-refractivity contribution is 7.89. The number of rotatable bonds is 4. The molecule has 0 radical (unpaired) electrons. The molecule has 3 aliphatic heterocycles. The van der Waals surface area contributed by atoms with Crippen molar-refractivity contribution in [3.05, 3.63) is 94.6 Å². The van der Waals surface area contributed by atoms with E-state index in [2.05, 4.69) is 43.3 Å². The van der Waals surface area contributed by atoms with Gasteiger partial charge in [-0.25, -0.2) is 13.5 Å². The average molecular weight is 489 g/mol. The largest absolute Gasteiger partial charge is 0.497 e. The minimum absolute atomic E-state index is 0.0481. The molecule has 3 aliphatic rings. The Kier molecular flexibility index (Phi) is 5.07. The van der Waals surface area contributed by atoms with E-state index < -0.39 is 15.6 Å². The molecular weight excluding hydrogens is 460 g/mol.